The van der Waals surface area contributed by atoms with Crippen LogP contribution in [0.25, 0.3) is 0 Å². The van der Waals surface area contributed by atoms with Crippen molar-refractivity contribution >= 4 is 29.0 Å². The Morgan fingerprint density at radius 3 is 2.84 bits per heavy atom. The Kier molecular flexibility index (Phi) is 3.75. The van der Waals surface area contributed by atoms with Crippen LogP contribution in [0, 0.1) is 12.8 Å². The molecule has 1 aromatic heterocycles. The number of anilines is 1. The number of nitrogens with two attached hydrogens (primary N) is 1. The normalized spacial score (nSPS) is 18.7. The van der Waals surface area contributed by atoms with E-state index in [2.05, 4.69) is 10.00 Å². The van der Waals surface area contributed by atoms with Gasteiger partial charge < -0.3 is 15.4 Å². The third-order valence-electron chi connectivity index (χ3n) is 3.46. The van der Waals surface area contributed by atoms with Gasteiger partial charge in [0.2, 0.25) is 0 Å². The van der Waals surface area contributed by atoms with Gasteiger partial charge in [0, 0.05) is 20.1 Å². The average Bonchev–Trinajstić information content (AvgIpc) is 2.92. The summed E-state index contributed by atoms with van der Waals surface area (Å²) in [5.41, 5.74) is 7.38. The van der Waals surface area contributed by atoms with E-state index in [1.807, 2.05) is 14.0 Å². The summed E-state index contributed by atoms with van der Waals surface area (Å²) in [6, 6.07) is 0. The average molecular weight is 282 g/mol. The number of aromatic nitrogens is 2. The largest absolute Gasteiger partial charge is 0.469 e. The smallest absolute Gasteiger partial charge is 0.310 e. The number of carbonyl (C=O) groups excluding carboxylic acids is 1. The molecule has 1 aliphatic rings. The molecule has 2 N–H and O–H groups in total. The topological polar surface area (TPSA) is 73.4 Å². The Balaban J connectivity index is 2.29. The third-order valence-corrected chi connectivity index (χ3v) is 3.66. The molecule has 7 heteroatoms. The lowest BCUT2D eigenvalue weighted by molar-refractivity contribution is -0.144. The maximum Gasteiger partial charge on any atom is 0.310 e. The second-order valence-electron chi connectivity index (χ2n) is 4.73. The fourth-order valence-corrected chi connectivity index (χ4v) is 2.85. The van der Waals surface area contributed by atoms with E-state index >= 15 is 0 Å². The Morgan fingerprint density at radius 2 is 2.26 bits per heavy atom. The monoisotopic (exact) mass is 282 g/mol. The highest BCUT2D eigenvalue weighted by atomic mass is 32.1. The number of nitrogens with zero attached hydrogens (tertiary/aromatic N) is 3. The molecule has 0 spiro atoms. The predicted octanol–water partition coefficient (Wildman–Crippen LogP) is 0.362. The zero-order chi connectivity index (χ0) is 14.2. The quantitative estimate of drug-likeness (QED) is 0.637. The minimum atomic E-state index is -0.168. The lowest BCUT2D eigenvalue weighted by atomic mass is 10.1. The highest BCUT2D eigenvalue weighted by molar-refractivity contribution is 7.80. The number of thiocarbonyl (C=S) groups is 1. The summed E-state index contributed by atoms with van der Waals surface area (Å²) in [5, 5.41) is 4.36. The molecule has 1 unspecified atom stereocenters. The molecule has 1 aliphatic heterocycles. The van der Waals surface area contributed by atoms with E-state index in [-0.39, 0.29) is 11.9 Å². The van der Waals surface area contributed by atoms with E-state index in [0.29, 0.717) is 11.5 Å². The van der Waals surface area contributed by atoms with E-state index in [0.717, 1.165) is 30.0 Å². The molecule has 2 rings (SSSR count). The second kappa shape index (κ2) is 5.16. The van der Waals surface area contributed by atoms with Crippen LogP contribution in [0.1, 0.15) is 17.7 Å². The molecular weight excluding hydrogens is 264 g/mol. The summed E-state index contributed by atoms with van der Waals surface area (Å²) in [4.78, 5) is 14.0. The van der Waals surface area contributed by atoms with Crippen LogP contribution in [-0.2, 0) is 16.6 Å². The highest BCUT2D eigenvalue weighted by Crippen LogP contribution is 2.29. The van der Waals surface area contributed by atoms with Gasteiger partial charge in [-0.3, -0.25) is 9.48 Å². The fourth-order valence-electron chi connectivity index (χ4n) is 2.61. The number of carbonyl (C=O) groups is 1. The number of esters is 1. The minimum Gasteiger partial charge on any atom is -0.469 e. The van der Waals surface area contributed by atoms with Crippen molar-refractivity contribution in [3.63, 3.8) is 0 Å². The molecule has 1 atom stereocenters. The zero-order valence-electron chi connectivity index (χ0n) is 11.3. The van der Waals surface area contributed by atoms with Crippen molar-refractivity contribution in [2.75, 3.05) is 25.1 Å². The third kappa shape index (κ3) is 2.42. The summed E-state index contributed by atoms with van der Waals surface area (Å²) in [7, 11) is 3.27. The van der Waals surface area contributed by atoms with Crippen molar-refractivity contribution in [3.8, 4) is 0 Å². The second-order valence-corrected chi connectivity index (χ2v) is 5.17. The first kappa shape index (κ1) is 13.8. The maximum atomic E-state index is 11.6. The summed E-state index contributed by atoms with van der Waals surface area (Å²) in [6.07, 6.45) is 0.772. The van der Waals surface area contributed by atoms with Crippen LogP contribution in [0.2, 0.25) is 0 Å². The van der Waals surface area contributed by atoms with Gasteiger partial charge in [-0.1, -0.05) is 12.2 Å². The predicted molar refractivity (Wildman–Crippen MR) is 76.2 cm³/mol. The van der Waals surface area contributed by atoms with Crippen molar-refractivity contribution in [1.29, 1.82) is 0 Å². The number of methoxy groups -OCH3 is 1. The summed E-state index contributed by atoms with van der Waals surface area (Å²) >= 11 is 5.10. The van der Waals surface area contributed by atoms with Crippen molar-refractivity contribution in [3.05, 3.63) is 11.3 Å². The zero-order valence-corrected chi connectivity index (χ0v) is 12.2. The van der Waals surface area contributed by atoms with Crippen LogP contribution in [0.4, 0.5) is 5.82 Å². The Bertz CT molecular complexity index is 526. The molecule has 0 saturated carbocycles. The van der Waals surface area contributed by atoms with Gasteiger partial charge in [0.1, 0.15) is 10.8 Å². The maximum absolute atomic E-state index is 11.6. The van der Waals surface area contributed by atoms with Gasteiger partial charge in [0.25, 0.3) is 0 Å². The number of rotatable bonds is 3. The van der Waals surface area contributed by atoms with Crippen molar-refractivity contribution in [2.24, 2.45) is 18.7 Å². The lowest BCUT2D eigenvalue weighted by Gasteiger charge is -2.20. The molecule has 0 aliphatic carbocycles. The van der Waals surface area contributed by atoms with Gasteiger partial charge >= 0.3 is 5.97 Å². The molecule has 0 amide bonds. The summed E-state index contributed by atoms with van der Waals surface area (Å²) in [6.45, 7) is 3.27. The molecule has 0 bridgehead atoms. The number of hydrogen-bond acceptors (Lipinski definition) is 5. The molecule has 104 valence electrons. The number of hydrogen-bond donors (Lipinski definition) is 1. The van der Waals surface area contributed by atoms with Crippen LogP contribution in [0.5, 0.6) is 0 Å². The van der Waals surface area contributed by atoms with E-state index in [1.165, 1.54) is 7.11 Å². The summed E-state index contributed by atoms with van der Waals surface area (Å²) < 4.78 is 6.56. The van der Waals surface area contributed by atoms with E-state index in [9.17, 15) is 4.79 Å². The van der Waals surface area contributed by atoms with Crippen molar-refractivity contribution in [2.45, 2.75) is 13.3 Å². The van der Waals surface area contributed by atoms with Gasteiger partial charge in [-0.05, 0) is 13.3 Å². The Hall–Kier alpha value is -1.63. The Labute approximate surface area is 117 Å². The van der Waals surface area contributed by atoms with Gasteiger partial charge in [-0.15, -0.1) is 0 Å². The molecule has 6 nitrogen and oxygen atoms in total. The van der Waals surface area contributed by atoms with Gasteiger partial charge in [-0.25, -0.2) is 0 Å². The van der Waals surface area contributed by atoms with Gasteiger partial charge in [0.15, 0.2) is 0 Å². The van der Waals surface area contributed by atoms with E-state index in [4.69, 9.17) is 22.7 Å². The van der Waals surface area contributed by atoms with Crippen molar-refractivity contribution in [1.82, 2.24) is 9.78 Å². The lowest BCUT2D eigenvalue weighted by Crippen LogP contribution is -2.27. The van der Waals surface area contributed by atoms with Gasteiger partial charge in [0.05, 0.1) is 24.3 Å². The standard InChI is InChI=1S/C12H18N4O2S/c1-7-9(10(13)19)11(15(2)14-7)16-5-4-8(6-16)12(17)18-3/h8H,4-6H2,1-3H3,(H2,13,19). The summed E-state index contributed by atoms with van der Waals surface area (Å²) in [5.74, 6) is 0.620. The molecule has 0 radical (unpaired) electrons. The molecule has 1 saturated heterocycles. The first-order valence-corrected chi connectivity index (χ1v) is 6.52. The molecule has 2 heterocycles. The molecule has 0 aromatic carbocycles. The van der Waals surface area contributed by atoms with Crippen LogP contribution < -0.4 is 10.6 Å². The van der Waals surface area contributed by atoms with Crippen LogP contribution >= 0.6 is 12.2 Å². The van der Waals surface area contributed by atoms with Crippen molar-refractivity contribution < 1.29 is 9.53 Å². The van der Waals surface area contributed by atoms with Gasteiger partial charge in [-0.2, -0.15) is 5.10 Å². The molecule has 1 fully saturated rings. The highest BCUT2D eigenvalue weighted by Gasteiger charge is 2.32. The Morgan fingerprint density at radius 1 is 1.58 bits per heavy atom. The first-order valence-electron chi connectivity index (χ1n) is 6.11. The van der Waals surface area contributed by atoms with Crippen LogP contribution in [0.3, 0.4) is 0 Å². The molecular formula is C12H18N4O2S. The fraction of sp³-hybridized carbons (Fsp3) is 0.583. The van der Waals surface area contributed by atoms with E-state index in [1.54, 1.807) is 4.68 Å². The first-order chi connectivity index (χ1) is 8.95. The minimum absolute atomic E-state index is 0.0978. The van der Waals surface area contributed by atoms with Crippen LogP contribution in [-0.4, -0.2) is 40.9 Å². The molecule has 1 aromatic rings. The van der Waals surface area contributed by atoms with E-state index < -0.39 is 0 Å². The SMILES string of the molecule is COC(=O)C1CCN(c2c(C(N)=S)c(C)nn2C)C1. The molecule has 19 heavy (non-hydrogen) atoms. The van der Waals surface area contributed by atoms with Crippen LogP contribution in [0.15, 0.2) is 0 Å². The number of ether oxygens (including phenoxy) is 1. The number of aryl methyl sites for hydroxylation is 2.